The minimum absolute atomic E-state index is 0.861. The zero-order valence-electron chi connectivity index (χ0n) is 8.69. The van der Waals surface area contributed by atoms with Gasteiger partial charge < -0.3 is 4.90 Å². The van der Waals surface area contributed by atoms with Crippen LogP contribution in [-0.2, 0) is 6.54 Å². The van der Waals surface area contributed by atoms with Gasteiger partial charge in [-0.3, -0.25) is 0 Å². The van der Waals surface area contributed by atoms with Gasteiger partial charge in [0.05, 0.1) is 0 Å². The van der Waals surface area contributed by atoms with Crippen molar-refractivity contribution in [2.24, 2.45) is 0 Å². The largest absolute Gasteiger partial charge is 0.305 e. The molecule has 0 bridgehead atoms. The topological polar surface area (TPSA) is 3.24 Å². The van der Waals surface area contributed by atoms with E-state index in [1.165, 1.54) is 16.7 Å². The van der Waals surface area contributed by atoms with E-state index in [0.717, 1.165) is 11.6 Å². The number of rotatable bonds is 2. The maximum Gasteiger partial charge on any atom is 0.0438 e. The summed E-state index contributed by atoms with van der Waals surface area (Å²) in [5.41, 5.74) is 3.86. The van der Waals surface area contributed by atoms with E-state index in [9.17, 15) is 0 Å². The summed E-state index contributed by atoms with van der Waals surface area (Å²) < 4.78 is 0. The fourth-order valence-electron chi connectivity index (χ4n) is 1.36. The van der Waals surface area contributed by atoms with Crippen molar-refractivity contribution in [2.75, 3.05) is 14.1 Å². The number of nitrogens with zero attached hydrogens (tertiary/aromatic N) is 1. The van der Waals surface area contributed by atoms with Crippen LogP contribution in [0.3, 0.4) is 0 Å². The van der Waals surface area contributed by atoms with E-state index in [4.69, 9.17) is 11.6 Å². The van der Waals surface area contributed by atoms with E-state index < -0.39 is 0 Å². The second-order valence-electron chi connectivity index (χ2n) is 3.69. The van der Waals surface area contributed by atoms with Crippen LogP contribution in [0.5, 0.6) is 0 Å². The van der Waals surface area contributed by atoms with Gasteiger partial charge in [0.15, 0.2) is 0 Å². The molecule has 0 unspecified atom stereocenters. The Morgan fingerprint density at radius 1 is 1.15 bits per heavy atom. The summed E-state index contributed by atoms with van der Waals surface area (Å²) >= 11 is 6.01. The lowest BCUT2D eigenvalue weighted by atomic mass is 10.0. The number of hydrogen-bond acceptors (Lipinski definition) is 1. The van der Waals surface area contributed by atoms with E-state index in [2.05, 4.69) is 38.9 Å². The van der Waals surface area contributed by atoms with Gasteiger partial charge in [0, 0.05) is 11.6 Å². The van der Waals surface area contributed by atoms with Crippen LogP contribution in [-0.4, -0.2) is 19.0 Å². The summed E-state index contributed by atoms with van der Waals surface area (Å²) in [7, 11) is 4.15. The second kappa shape index (κ2) is 4.12. The summed E-state index contributed by atoms with van der Waals surface area (Å²) in [5, 5.41) is 0.861. The second-order valence-corrected chi connectivity index (χ2v) is 4.10. The molecule has 0 aliphatic heterocycles. The lowest BCUT2D eigenvalue weighted by molar-refractivity contribution is 0.401. The minimum atomic E-state index is 0.861. The monoisotopic (exact) mass is 197 g/mol. The van der Waals surface area contributed by atoms with Gasteiger partial charge in [0.2, 0.25) is 0 Å². The molecule has 0 aliphatic carbocycles. The Hall–Kier alpha value is -0.530. The van der Waals surface area contributed by atoms with Crippen LogP contribution in [0.25, 0.3) is 0 Å². The van der Waals surface area contributed by atoms with E-state index in [0.29, 0.717) is 0 Å². The molecule has 13 heavy (non-hydrogen) atoms. The quantitative estimate of drug-likeness (QED) is 0.705. The molecule has 2 heteroatoms. The van der Waals surface area contributed by atoms with Crippen LogP contribution >= 0.6 is 11.6 Å². The summed E-state index contributed by atoms with van der Waals surface area (Å²) in [6, 6.07) is 4.08. The third-order valence-corrected chi connectivity index (χ3v) is 2.73. The van der Waals surface area contributed by atoms with Gasteiger partial charge in [0.1, 0.15) is 0 Å². The first-order valence-electron chi connectivity index (χ1n) is 4.41. The van der Waals surface area contributed by atoms with Crippen molar-refractivity contribution in [1.82, 2.24) is 4.90 Å². The van der Waals surface area contributed by atoms with Crippen molar-refractivity contribution in [1.29, 1.82) is 0 Å². The maximum absolute atomic E-state index is 6.01. The molecular weight excluding hydrogens is 182 g/mol. The van der Waals surface area contributed by atoms with E-state index in [-0.39, 0.29) is 0 Å². The molecular formula is C11H16ClN. The molecule has 1 rings (SSSR count). The molecule has 0 N–H and O–H groups in total. The molecule has 0 amide bonds. The SMILES string of the molecule is Cc1c(Cl)ccc(CN(C)C)c1C. The molecule has 0 heterocycles. The molecule has 0 saturated heterocycles. The molecule has 0 fully saturated rings. The van der Waals surface area contributed by atoms with Crippen molar-refractivity contribution in [3.63, 3.8) is 0 Å². The highest BCUT2D eigenvalue weighted by atomic mass is 35.5. The predicted molar refractivity (Wildman–Crippen MR) is 58.3 cm³/mol. The summed E-state index contributed by atoms with van der Waals surface area (Å²) in [4.78, 5) is 2.16. The average molecular weight is 198 g/mol. The van der Waals surface area contributed by atoms with E-state index in [1.807, 2.05) is 6.07 Å². The molecule has 0 spiro atoms. The van der Waals surface area contributed by atoms with Crippen LogP contribution in [0.15, 0.2) is 12.1 Å². The van der Waals surface area contributed by atoms with Crippen LogP contribution in [0.2, 0.25) is 5.02 Å². The van der Waals surface area contributed by atoms with Crippen molar-refractivity contribution >= 4 is 11.6 Å². The van der Waals surface area contributed by atoms with Gasteiger partial charge in [-0.1, -0.05) is 17.7 Å². The minimum Gasteiger partial charge on any atom is -0.305 e. The molecule has 1 aromatic carbocycles. The lowest BCUT2D eigenvalue weighted by Crippen LogP contribution is -2.12. The van der Waals surface area contributed by atoms with Gasteiger partial charge in [-0.25, -0.2) is 0 Å². The normalized spacial score (nSPS) is 10.9. The Kier molecular flexibility index (Phi) is 3.34. The fraction of sp³-hybridized carbons (Fsp3) is 0.455. The smallest absolute Gasteiger partial charge is 0.0438 e. The van der Waals surface area contributed by atoms with Crippen molar-refractivity contribution in [2.45, 2.75) is 20.4 Å². The first kappa shape index (κ1) is 10.6. The van der Waals surface area contributed by atoms with Crippen molar-refractivity contribution in [3.8, 4) is 0 Å². The third kappa shape index (κ3) is 2.45. The number of hydrogen-bond donors (Lipinski definition) is 0. The maximum atomic E-state index is 6.01. The van der Waals surface area contributed by atoms with Crippen LogP contribution in [0, 0.1) is 13.8 Å². The highest BCUT2D eigenvalue weighted by Crippen LogP contribution is 2.22. The van der Waals surface area contributed by atoms with Crippen LogP contribution < -0.4 is 0 Å². The molecule has 1 nitrogen and oxygen atoms in total. The Morgan fingerprint density at radius 3 is 2.31 bits per heavy atom. The molecule has 0 saturated carbocycles. The molecule has 0 radical (unpaired) electrons. The van der Waals surface area contributed by atoms with Gasteiger partial charge in [-0.2, -0.15) is 0 Å². The highest BCUT2D eigenvalue weighted by Gasteiger charge is 2.04. The average Bonchev–Trinajstić information content (AvgIpc) is 2.06. The molecule has 72 valence electrons. The molecule has 1 aromatic rings. The third-order valence-electron chi connectivity index (χ3n) is 2.32. The lowest BCUT2D eigenvalue weighted by Gasteiger charge is -2.14. The van der Waals surface area contributed by atoms with Gasteiger partial charge in [0.25, 0.3) is 0 Å². The number of halogens is 1. The van der Waals surface area contributed by atoms with E-state index >= 15 is 0 Å². The first-order chi connectivity index (χ1) is 6.02. The number of benzene rings is 1. The Labute approximate surface area is 85.3 Å². The van der Waals surface area contributed by atoms with Crippen molar-refractivity contribution < 1.29 is 0 Å². The molecule has 0 aromatic heterocycles. The Balaban J connectivity index is 3.04. The van der Waals surface area contributed by atoms with Gasteiger partial charge in [-0.05, 0) is 50.7 Å². The summed E-state index contributed by atoms with van der Waals surface area (Å²) in [5.74, 6) is 0. The van der Waals surface area contributed by atoms with Crippen LogP contribution in [0.1, 0.15) is 16.7 Å². The summed E-state index contributed by atoms with van der Waals surface area (Å²) in [6.07, 6.45) is 0. The standard InChI is InChI=1S/C11H16ClN/c1-8-9(2)11(12)6-5-10(8)7-13(3)4/h5-6H,7H2,1-4H3. The fourth-order valence-corrected chi connectivity index (χ4v) is 1.56. The highest BCUT2D eigenvalue weighted by molar-refractivity contribution is 6.31. The van der Waals surface area contributed by atoms with E-state index in [1.54, 1.807) is 0 Å². The zero-order chi connectivity index (χ0) is 10.0. The van der Waals surface area contributed by atoms with Crippen molar-refractivity contribution in [3.05, 3.63) is 33.8 Å². The predicted octanol–water partition coefficient (Wildman–Crippen LogP) is 3.02. The Morgan fingerprint density at radius 2 is 1.77 bits per heavy atom. The first-order valence-corrected chi connectivity index (χ1v) is 4.79. The van der Waals surface area contributed by atoms with Gasteiger partial charge in [-0.15, -0.1) is 0 Å². The van der Waals surface area contributed by atoms with Gasteiger partial charge >= 0.3 is 0 Å². The molecule has 0 atom stereocenters. The molecule has 0 aliphatic rings. The summed E-state index contributed by atoms with van der Waals surface area (Å²) in [6.45, 7) is 5.17. The van der Waals surface area contributed by atoms with Crippen LogP contribution in [0.4, 0.5) is 0 Å². The zero-order valence-corrected chi connectivity index (χ0v) is 9.44. The Bertz CT molecular complexity index is 305.